The van der Waals surface area contributed by atoms with Gasteiger partial charge in [0.15, 0.2) is 0 Å². The van der Waals surface area contributed by atoms with Crippen LogP contribution >= 0.6 is 11.6 Å². The van der Waals surface area contributed by atoms with Crippen LogP contribution in [0.1, 0.15) is 23.0 Å². The molecule has 0 amide bonds. The van der Waals surface area contributed by atoms with E-state index in [0.29, 0.717) is 22.1 Å². The topological polar surface area (TPSA) is 76.5 Å². The Morgan fingerprint density at radius 3 is 2.50 bits per heavy atom. The number of carbonyl (C=O) groups is 1. The molecule has 5 heteroatoms. The lowest BCUT2D eigenvalue weighted by Crippen LogP contribution is -2.21. The predicted molar refractivity (Wildman–Crippen MR) is 52.6 cm³/mol. The summed E-state index contributed by atoms with van der Waals surface area (Å²) in [6.07, 6.45) is 0. The Labute approximate surface area is 86.6 Å². The minimum Gasteiger partial charge on any atom is -0.481 e. The zero-order valence-electron chi connectivity index (χ0n) is 8.00. The molecule has 0 aromatic carbocycles. The van der Waals surface area contributed by atoms with Gasteiger partial charge in [0.25, 0.3) is 0 Å². The average Bonchev–Trinajstić information content (AvgIpc) is 2.35. The van der Waals surface area contributed by atoms with Crippen molar-refractivity contribution in [3.05, 3.63) is 22.1 Å². The molecule has 0 aliphatic carbocycles. The summed E-state index contributed by atoms with van der Waals surface area (Å²) in [6, 6.07) is 0. The van der Waals surface area contributed by atoms with Crippen molar-refractivity contribution in [2.24, 2.45) is 5.73 Å². The number of furan rings is 1. The first kappa shape index (κ1) is 11.1. The molecule has 0 aliphatic heterocycles. The van der Waals surface area contributed by atoms with Crippen molar-refractivity contribution in [1.29, 1.82) is 0 Å². The van der Waals surface area contributed by atoms with Crippen molar-refractivity contribution in [3.8, 4) is 0 Å². The number of aryl methyl sites for hydroxylation is 1. The quantitative estimate of drug-likeness (QED) is 0.808. The maximum Gasteiger partial charge on any atom is 0.315 e. The molecule has 0 radical (unpaired) electrons. The number of hydrogen-bond donors (Lipinski definition) is 2. The van der Waals surface area contributed by atoms with Crippen LogP contribution in [-0.2, 0) is 4.79 Å². The largest absolute Gasteiger partial charge is 0.481 e. The summed E-state index contributed by atoms with van der Waals surface area (Å²) in [6.45, 7) is 3.41. The number of halogens is 1. The molecule has 1 atom stereocenters. The van der Waals surface area contributed by atoms with E-state index in [0.717, 1.165) is 0 Å². The van der Waals surface area contributed by atoms with Crippen LogP contribution in [0.5, 0.6) is 0 Å². The highest BCUT2D eigenvalue weighted by atomic mass is 35.5. The van der Waals surface area contributed by atoms with E-state index >= 15 is 0 Å². The van der Waals surface area contributed by atoms with Crippen molar-refractivity contribution in [2.45, 2.75) is 19.8 Å². The van der Waals surface area contributed by atoms with Crippen molar-refractivity contribution < 1.29 is 14.3 Å². The molecule has 0 saturated carbocycles. The van der Waals surface area contributed by atoms with Crippen molar-refractivity contribution in [1.82, 2.24) is 0 Å². The highest BCUT2D eigenvalue weighted by Gasteiger charge is 2.26. The van der Waals surface area contributed by atoms with Crippen LogP contribution in [0.3, 0.4) is 0 Å². The van der Waals surface area contributed by atoms with E-state index in [1.165, 1.54) is 0 Å². The Morgan fingerprint density at radius 1 is 1.64 bits per heavy atom. The molecule has 1 aromatic rings. The van der Waals surface area contributed by atoms with Gasteiger partial charge in [-0.15, -0.1) is 0 Å². The smallest absolute Gasteiger partial charge is 0.315 e. The molecule has 1 rings (SSSR count). The van der Waals surface area contributed by atoms with Gasteiger partial charge in [-0.3, -0.25) is 4.79 Å². The van der Waals surface area contributed by atoms with E-state index in [2.05, 4.69) is 0 Å². The van der Waals surface area contributed by atoms with E-state index in [9.17, 15) is 4.79 Å². The van der Waals surface area contributed by atoms with Gasteiger partial charge in [-0.25, -0.2) is 0 Å². The molecule has 1 aromatic heterocycles. The third kappa shape index (κ3) is 1.76. The number of carboxylic acid groups (broad SMARTS) is 1. The van der Waals surface area contributed by atoms with Crippen LogP contribution in [0.2, 0.25) is 5.02 Å². The lowest BCUT2D eigenvalue weighted by atomic mass is 10.0. The summed E-state index contributed by atoms with van der Waals surface area (Å²) in [5.41, 5.74) is 6.00. The molecular formula is C9H12ClNO3. The van der Waals surface area contributed by atoms with Crippen LogP contribution in [-0.4, -0.2) is 17.6 Å². The Hall–Kier alpha value is -1.00. The highest BCUT2D eigenvalue weighted by molar-refractivity contribution is 6.32. The molecule has 0 bridgehead atoms. The third-order valence-corrected chi connectivity index (χ3v) is 2.67. The lowest BCUT2D eigenvalue weighted by molar-refractivity contribution is -0.138. The van der Waals surface area contributed by atoms with Gasteiger partial charge in [0, 0.05) is 12.1 Å². The van der Waals surface area contributed by atoms with Gasteiger partial charge in [-0.2, -0.15) is 0 Å². The molecule has 0 fully saturated rings. The Morgan fingerprint density at radius 2 is 2.21 bits per heavy atom. The van der Waals surface area contributed by atoms with Crippen LogP contribution < -0.4 is 5.73 Å². The molecule has 78 valence electrons. The zero-order valence-corrected chi connectivity index (χ0v) is 8.76. The fourth-order valence-electron chi connectivity index (χ4n) is 1.31. The lowest BCUT2D eigenvalue weighted by Gasteiger charge is -2.06. The second-order valence-electron chi connectivity index (χ2n) is 3.09. The van der Waals surface area contributed by atoms with E-state index in [1.807, 2.05) is 0 Å². The molecule has 1 heterocycles. The molecule has 1 unspecified atom stereocenters. The number of hydrogen-bond acceptors (Lipinski definition) is 3. The number of rotatable bonds is 3. The Balaban J connectivity index is 3.17. The zero-order chi connectivity index (χ0) is 10.9. The second kappa shape index (κ2) is 4.02. The van der Waals surface area contributed by atoms with Gasteiger partial charge in [-0.1, -0.05) is 11.6 Å². The van der Waals surface area contributed by atoms with Crippen LogP contribution in [0.15, 0.2) is 4.42 Å². The summed E-state index contributed by atoms with van der Waals surface area (Å²) in [5, 5.41) is 9.34. The van der Waals surface area contributed by atoms with E-state index in [-0.39, 0.29) is 6.54 Å². The van der Waals surface area contributed by atoms with Crippen molar-refractivity contribution in [3.63, 3.8) is 0 Å². The van der Waals surface area contributed by atoms with Gasteiger partial charge in [0.1, 0.15) is 17.4 Å². The summed E-state index contributed by atoms with van der Waals surface area (Å²) in [5.74, 6) is -0.941. The third-order valence-electron chi connectivity index (χ3n) is 2.12. The highest BCUT2D eigenvalue weighted by Crippen LogP contribution is 2.31. The van der Waals surface area contributed by atoms with Gasteiger partial charge in [0.05, 0.1) is 5.02 Å². The predicted octanol–water partition coefficient (Wildman–Crippen LogP) is 1.68. The fourth-order valence-corrected chi connectivity index (χ4v) is 1.44. The molecule has 0 spiro atoms. The first-order valence-electron chi connectivity index (χ1n) is 4.17. The molecule has 4 nitrogen and oxygen atoms in total. The van der Waals surface area contributed by atoms with Gasteiger partial charge >= 0.3 is 5.97 Å². The summed E-state index contributed by atoms with van der Waals surface area (Å²) in [4.78, 5) is 10.8. The van der Waals surface area contributed by atoms with E-state index in [4.69, 9.17) is 26.9 Å². The van der Waals surface area contributed by atoms with E-state index < -0.39 is 11.9 Å². The molecule has 0 saturated heterocycles. The molecular weight excluding hydrogens is 206 g/mol. The average molecular weight is 218 g/mol. The van der Waals surface area contributed by atoms with Crippen LogP contribution in [0, 0.1) is 13.8 Å². The monoisotopic (exact) mass is 217 g/mol. The maximum atomic E-state index is 10.8. The van der Waals surface area contributed by atoms with Crippen LogP contribution in [0.25, 0.3) is 0 Å². The number of aliphatic carboxylic acids is 1. The van der Waals surface area contributed by atoms with E-state index in [1.54, 1.807) is 13.8 Å². The first-order chi connectivity index (χ1) is 6.49. The number of nitrogens with two attached hydrogens (primary N) is 1. The van der Waals surface area contributed by atoms with Crippen molar-refractivity contribution in [2.75, 3.05) is 6.54 Å². The molecule has 3 N–H and O–H groups in total. The standard InChI is InChI=1S/C9H12ClNO3/c1-4-7(10)5(2)14-8(4)6(3-11)9(12)13/h6H,3,11H2,1-2H3,(H,12,13). The summed E-state index contributed by atoms with van der Waals surface area (Å²) in [7, 11) is 0. The molecule has 0 aliphatic rings. The Kier molecular flexibility index (Phi) is 3.18. The molecule has 14 heavy (non-hydrogen) atoms. The van der Waals surface area contributed by atoms with Crippen molar-refractivity contribution >= 4 is 17.6 Å². The first-order valence-corrected chi connectivity index (χ1v) is 4.55. The minimum absolute atomic E-state index is 0.000540. The number of carboxylic acids is 1. The summed E-state index contributed by atoms with van der Waals surface area (Å²) >= 11 is 5.88. The fraction of sp³-hybridized carbons (Fsp3) is 0.444. The maximum absolute atomic E-state index is 10.8. The SMILES string of the molecule is Cc1oc(C(CN)C(=O)O)c(C)c1Cl. The Bertz CT molecular complexity index is 359. The van der Waals surface area contributed by atoms with Crippen LogP contribution in [0.4, 0.5) is 0 Å². The van der Waals surface area contributed by atoms with Gasteiger partial charge < -0.3 is 15.3 Å². The van der Waals surface area contributed by atoms with Gasteiger partial charge in [0.2, 0.25) is 0 Å². The summed E-state index contributed by atoms with van der Waals surface area (Å²) < 4.78 is 5.27. The second-order valence-corrected chi connectivity index (χ2v) is 3.47. The normalized spacial score (nSPS) is 12.9. The van der Waals surface area contributed by atoms with Gasteiger partial charge in [-0.05, 0) is 13.8 Å². The minimum atomic E-state index is -0.999.